The predicted molar refractivity (Wildman–Crippen MR) is 125 cm³/mol. The smallest absolute Gasteiger partial charge is 0.255 e. The third-order valence-corrected chi connectivity index (χ3v) is 7.29. The van der Waals surface area contributed by atoms with E-state index in [9.17, 15) is 13.2 Å². The molecule has 3 aromatic rings. The second-order valence-electron chi connectivity index (χ2n) is 8.42. The molecule has 2 unspecified atom stereocenters. The fourth-order valence-electron chi connectivity index (χ4n) is 4.03. The fourth-order valence-corrected chi connectivity index (χ4v) is 5.71. The van der Waals surface area contributed by atoms with Gasteiger partial charge >= 0.3 is 0 Å². The summed E-state index contributed by atoms with van der Waals surface area (Å²) in [6, 6.07) is 12.9. The predicted octanol–water partition coefficient (Wildman–Crippen LogP) is 4.19. The Kier molecular flexibility index (Phi) is 6.71. The van der Waals surface area contributed by atoms with Crippen molar-refractivity contribution < 1.29 is 17.9 Å². The van der Waals surface area contributed by atoms with Crippen molar-refractivity contribution in [2.75, 3.05) is 18.4 Å². The number of sulfonamides is 1. The average molecular weight is 467 g/mol. The molecule has 2 heterocycles. The van der Waals surface area contributed by atoms with Crippen LogP contribution in [0.3, 0.4) is 0 Å². The molecule has 0 saturated carbocycles. The molecular formula is C24H26N4O4S. The first-order chi connectivity index (χ1) is 15.8. The third-order valence-electron chi connectivity index (χ3n) is 5.44. The molecule has 1 N–H and O–H groups in total. The van der Waals surface area contributed by atoms with E-state index in [2.05, 4.69) is 29.1 Å². The summed E-state index contributed by atoms with van der Waals surface area (Å²) >= 11 is 0. The highest BCUT2D eigenvalue weighted by atomic mass is 32.2. The Balaban J connectivity index is 1.44. The minimum atomic E-state index is -3.59. The van der Waals surface area contributed by atoms with Gasteiger partial charge in [-0.05, 0) is 54.7 Å². The first-order valence-electron chi connectivity index (χ1n) is 10.8. The van der Waals surface area contributed by atoms with E-state index in [1.54, 1.807) is 34.8 Å². The molecule has 1 amide bonds. The van der Waals surface area contributed by atoms with E-state index < -0.39 is 10.0 Å². The Labute approximate surface area is 193 Å². The molecule has 1 aliphatic rings. The van der Waals surface area contributed by atoms with Crippen molar-refractivity contribution in [3.05, 3.63) is 72.7 Å². The SMILES string of the molecule is CC1CC(C)CN(S(=O)(=O)c2ccc(C(=O)Nc3cccc(Oc4cnccn4)c3)cc2)C1. The van der Waals surface area contributed by atoms with Crippen molar-refractivity contribution in [2.45, 2.75) is 25.2 Å². The van der Waals surface area contributed by atoms with Crippen LogP contribution in [0.1, 0.15) is 30.6 Å². The van der Waals surface area contributed by atoms with Gasteiger partial charge in [0.05, 0.1) is 11.1 Å². The van der Waals surface area contributed by atoms with Gasteiger partial charge in [-0.25, -0.2) is 13.4 Å². The van der Waals surface area contributed by atoms with Crippen LogP contribution in [0, 0.1) is 11.8 Å². The lowest BCUT2D eigenvalue weighted by atomic mass is 9.94. The summed E-state index contributed by atoms with van der Waals surface area (Å²) in [6.45, 7) is 5.17. The number of amides is 1. The Morgan fingerprint density at radius 2 is 1.79 bits per heavy atom. The summed E-state index contributed by atoms with van der Waals surface area (Å²) in [5.74, 6) is 1.13. The van der Waals surface area contributed by atoms with Gasteiger partial charge in [-0.3, -0.25) is 9.78 Å². The van der Waals surface area contributed by atoms with Gasteiger partial charge in [0.1, 0.15) is 5.75 Å². The lowest BCUT2D eigenvalue weighted by Gasteiger charge is -2.34. The van der Waals surface area contributed by atoms with Crippen molar-refractivity contribution in [1.82, 2.24) is 14.3 Å². The van der Waals surface area contributed by atoms with E-state index in [1.807, 2.05) is 0 Å². The molecule has 1 aromatic heterocycles. The molecule has 0 aliphatic carbocycles. The molecule has 0 bridgehead atoms. The van der Waals surface area contributed by atoms with Crippen LogP contribution < -0.4 is 10.1 Å². The van der Waals surface area contributed by atoms with Gasteiger partial charge in [0, 0.05) is 42.8 Å². The van der Waals surface area contributed by atoms with Gasteiger partial charge in [-0.1, -0.05) is 19.9 Å². The largest absolute Gasteiger partial charge is 0.437 e. The molecule has 2 aromatic carbocycles. The summed E-state index contributed by atoms with van der Waals surface area (Å²) in [5.41, 5.74) is 0.893. The lowest BCUT2D eigenvalue weighted by molar-refractivity contribution is 0.102. The zero-order valence-corrected chi connectivity index (χ0v) is 19.3. The Morgan fingerprint density at radius 3 is 2.45 bits per heavy atom. The Morgan fingerprint density at radius 1 is 1.06 bits per heavy atom. The first kappa shape index (κ1) is 22.9. The number of piperidine rings is 1. The minimum absolute atomic E-state index is 0.194. The van der Waals surface area contributed by atoms with Crippen LogP contribution in [-0.4, -0.2) is 41.7 Å². The second kappa shape index (κ2) is 9.68. The highest BCUT2D eigenvalue weighted by Crippen LogP contribution is 2.27. The second-order valence-corrected chi connectivity index (χ2v) is 10.4. The zero-order valence-electron chi connectivity index (χ0n) is 18.5. The molecule has 9 heteroatoms. The minimum Gasteiger partial charge on any atom is -0.437 e. The molecule has 2 atom stereocenters. The van der Waals surface area contributed by atoms with Gasteiger partial charge < -0.3 is 10.1 Å². The topological polar surface area (TPSA) is 101 Å². The number of carbonyl (C=O) groups excluding carboxylic acids is 1. The van der Waals surface area contributed by atoms with Gasteiger partial charge in [-0.2, -0.15) is 4.31 Å². The van der Waals surface area contributed by atoms with Crippen molar-refractivity contribution in [3.63, 3.8) is 0 Å². The van der Waals surface area contributed by atoms with Gasteiger partial charge in [0.25, 0.3) is 5.91 Å². The number of carbonyl (C=O) groups is 1. The summed E-state index contributed by atoms with van der Waals surface area (Å²) in [7, 11) is -3.59. The molecule has 4 rings (SSSR count). The molecule has 1 saturated heterocycles. The molecule has 0 radical (unpaired) electrons. The van der Waals surface area contributed by atoms with E-state index in [0.29, 0.717) is 47.8 Å². The monoisotopic (exact) mass is 466 g/mol. The summed E-state index contributed by atoms with van der Waals surface area (Å²) < 4.78 is 33.3. The van der Waals surface area contributed by atoms with E-state index in [4.69, 9.17) is 4.74 Å². The number of hydrogen-bond donors (Lipinski definition) is 1. The summed E-state index contributed by atoms with van der Waals surface area (Å²) in [6.07, 6.45) is 5.59. The lowest BCUT2D eigenvalue weighted by Crippen LogP contribution is -2.42. The molecule has 33 heavy (non-hydrogen) atoms. The molecule has 1 fully saturated rings. The molecule has 8 nitrogen and oxygen atoms in total. The molecule has 172 valence electrons. The van der Waals surface area contributed by atoms with E-state index >= 15 is 0 Å². The fraction of sp³-hybridized carbons (Fsp3) is 0.292. The number of rotatable bonds is 6. The highest BCUT2D eigenvalue weighted by Gasteiger charge is 2.31. The number of benzene rings is 2. The first-order valence-corrected chi connectivity index (χ1v) is 12.2. The number of aromatic nitrogens is 2. The molecule has 0 spiro atoms. The number of nitrogens with one attached hydrogen (secondary N) is 1. The van der Waals surface area contributed by atoms with E-state index in [-0.39, 0.29) is 10.8 Å². The van der Waals surface area contributed by atoms with E-state index in [1.165, 1.54) is 36.7 Å². The van der Waals surface area contributed by atoms with Crippen LogP contribution >= 0.6 is 0 Å². The van der Waals surface area contributed by atoms with Gasteiger partial charge in [-0.15, -0.1) is 0 Å². The van der Waals surface area contributed by atoms with Crippen molar-refractivity contribution in [3.8, 4) is 11.6 Å². The maximum absolute atomic E-state index is 13.0. The van der Waals surface area contributed by atoms with Crippen molar-refractivity contribution in [2.24, 2.45) is 11.8 Å². The number of nitrogens with zero attached hydrogens (tertiary/aromatic N) is 3. The van der Waals surface area contributed by atoms with Crippen LogP contribution in [0.15, 0.2) is 72.0 Å². The maximum Gasteiger partial charge on any atom is 0.255 e. The number of hydrogen-bond acceptors (Lipinski definition) is 6. The molecule has 1 aliphatic heterocycles. The van der Waals surface area contributed by atoms with Crippen LogP contribution in [0.25, 0.3) is 0 Å². The number of anilines is 1. The summed E-state index contributed by atoms with van der Waals surface area (Å²) in [4.78, 5) is 20.9. The van der Waals surface area contributed by atoms with Crippen LogP contribution in [0.4, 0.5) is 5.69 Å². The number of ether oxygens (including phenoxy) is 1. The standard InChI is InChI=1S/C24H26N4O4S/c1-17-12-18(2)16-28(15-17)33(30,31)22-8-6-19(7-9-22)24(29)27-20-4-3-5-21(13-20)32-23-14-25-10-11-26-23/h3-11,13-14,17-18H,12,15-16H2,1-2H3,(H,27,29). The maximum atomic E-state index is 13.0. The summed E-state index contributed by atoms with van der Waals surface area (Å²) in [5, 5.41) is 2.80. The third kappa shape index (κ3) is 5.55. The normalized spacial score (nSPS) is 19.1. The van der Waals surface area contributed by atoms with Gasteiger partial charge in [0.15, 0.2) is 0 Å². The van der Waals surface area contributed by atoms with Gasteiger partial charge in [0.2, 0.25) is 15.9 Å². The van der Waals surface area contributed by atoms with Crippen molar-refractivity contribution in [1.29, 1.82) is 0 Å². The van der Waals surface area contributed by atoms with Crippen LogP contribution in [0.5, 0.6) is 11.6 Å². The quantitative estimate of drug-likeness (QED) is 0.585. The van der Waals surface area contributed by atoms with Crippen LogP contribution in [-0.2, 0) is 10.0 Å². The molecular weight excluding hydrogens is 440 g/mol. The average Bonchev–Trinajstić information content (AvgIpc) is 2.79. The van der Waals surface area contributed by atoms with E-state index in [0.717, 1.165) is 6.42 Å². The zero-order chi connectivity index (χ0) is 23.4. The van der Waals surface area contributed by atoms with Crippen molar-refractivity contribution >= 4 is 21.6 Å². The highest BCUT2D eigenvalue weighted by molar-refractivity contribution is 7.89. The Hall–Kier alpha value is -3.30. The Bertz CT molecular complexity index is 1210. The van der Waals surface area contributed by atoms with Crippen LogP contribution in [0.2, 0.25) is 0 Å².